The monoisotopic (exact) mass is 420 g/mol. The van der Waals surface area contributed by atoms with Crippen molar-refractivity contribution >= 4 is 22.8 Å². The summed E-state index contributed by atoms with van der Waals surface area (Å²) < 4.78 is 8.55. The number of carbonyl (C=O) groups is 1. The van der Waals surface area contributed by atoms with Crippen LogP contribution in [0.2, 0.25) is 0 Å². The van der Waals surface area contributed by atoms with Gasteiger partial charge in [-0.25, -0.2) is 4.79 Å². The summed E-state index contributed by atoms with van der Waals surface area (Å²) in [6, 6.07) is 8.92. The molecule has 0 bridgehead atoms. The van der Waals surface area contributed by atoms with E-state index in [0.29, 0.717) is 24.0 Å². The van der Waals surface area contributed by atoms with Crippen molar-refractivity contribution in [3.63, 3.8) is 0 Å². The third-order valence-electron chi connectivity index (χ3n) is 5.85. The van der Waals surface area contributed by atoms with Gasteiger partial charge in [0.05, 0.1) is 5.52 Å². The molecule has 9 nitrogen and oxygen atoms in total. The van der Waals surface area contributed by atoms with Crippen molar-refractivity contribution in [3.05, 3.63) is 47.1 Å². The van der Waals surface area contributed by atoms with Crippen LogP contribution in [0.15, 0.2) is 41.5 Å². The first-order chi connectivity index (χ1) is 15.1. The molecule has 1 N–H and O–H groups in total. The van der Waals surface area contributed by atoms with E-state index in [0.717, 1.165) is 36.9 Å². The number of nitrogens with one attached hydrogen (secondary N) is 1. The number of carbonyl (C=O) groups excluding carboxylic acids is 1. The van der Waals surface area contributed by atoms with Gasteiger partial charge in [0.25, 0.3) is 0 Å². The zero-order valence-corrected chi connectivity index (χ0v) is 17.3. The second-order valence-corrected chi connectivity index (χ2v) is 7.83. The van der Waals surface area contributed by atoms with Crippen molar-refractivity contribution < 1.29 is 9.53 Å². The van der Waals surface area contributed by atoms with Crippen LogP contribution in [0.1, 0.15) is 25.7 Å². The summed E-state index contributed by atoms with van der Waals surface area (Å²) in [6.07, 6.45) is 6.60. The van der Waals surface area contributed by atoms with Crippen LogP contribution in [0.25, 0.3) is 11.2 Å². The SMILES string of the molecule is Cn1c(=O)n(CC2CCC(C(=O)Nc3ccncc3)CC2)c2nc(OCC#N)ccc21. The Bertz CT molecular complexity index is 1170. The minimum atomic E-state index is -0.127. The van der Waals surface area contributed by atoms with Crippen LogP contribution in [0.5, 0.6) is 5.88 Å². The maximum Gasteiger partial charge on any atom is 0.330 e. The van der Waals surface area contributed by atoms with Gasteiger partial charge in [-0.3, -0.25) is 18.9 Å². The second kappa shape index (κ2) is 9.00. The molecule has 0 aromatic carbocycles. The topological polar surface area (TPSA) is 115 Å². The van der Waals surface area contributed by atoms with Crippen LogP contribution < -0.4 is 15.7 Å². The summed E-state index contributed by atoms with van der Waals surface area (Å²) >= 11 is 0. The van der Waals surface area contributed by atoms with E-state index in [1.54, 1.807) is 52.8 Å². The molecule has 31 heavy (non-hydrogen) atoms. The van der Waals surface area contributed by atoms with Gasteiger partial charge in [-0.1, -0.05) is 0 Å². The normalized spacial score (nSPS) is 18.5. The predicted octanol–water partition coefficient (Wildman–Crippen LogP) is 2.48. The van der Waals surface area contributed by atoms with Gasteiger partial charge in [0, 0.05) is 43.7 Å². The molecule has 0 spiro atoms. The van der Waals surface area contributed by atoms with E-state index in [-0.39, 0.29) is 24.1 Å². The molecule has 0 unspecified atom stereocenters. The van der Waals surface area contributed by atoms with Gasteiger partial charge in [-0.2, -0.15) is 10.2 Å². The van der Waals surface area contributed by atoms with Crippen molar-refractivity contribution in [1.82, 2.24) is 19.1 Å². The minimum Gasteiger partial charge on any atom is -0.462 e. The fraction of sp³-hybridized carbons (Fsp3) is 0.409. The molecule has 0 radical (unpaired) electrons. The summed E-state index contributed by atoms with van der Waals surface area (Å²) in [4.78, 5) is 33.7. The molecule has 9 heteroatoms. The molecule has 0 saturated heterocycles. The first kappa shape index (κ1) is 20.6. The van der Waals surface area contributed by atoms with Gasteiger partial charge in [0.1, 0.15) is 6.07 Å². The zero-order valence-electron chi connectivity index (χ0n) is 17.3. The molecule has 3 aromatic rings. The number of anilines is 1. The van der Waals surface area contributed by atoms with Crippen molar-refractivity contribution in [2.75, 3.05) is 11.9 Å². The highest BCUT2D eigenvalue weighted by molar-refractivity contribution is 5.92. The smallest absolute Gasteiger partial charge is 0.330 e. The zero-order chi connectivity index (χ0) is 21.8. The molecule has 1 saturated carbocycles. The molecule has 1 amide bonds. The number of pyridine rings is 2. The van der Waals surface area contributed by atoms with E-state index < -0.39 is 0 Å². The third-order valence-corrected chi connectivity index (χ3v) is 5.85. The second-order valence-electron chi connectivity index (χ2n) is 7.83. The van der Waals surface area contributed by atoms with Crippen molar-refractivity contribution in [2.45, 2.75) is 32.2 Å². The van der Waals surface area contributed by atoms with Crippen molar-refractivity contribution in [2.24, 2.45) is 18.9 Å². The van der Waals surface area contributed by atoms with Gasteiger partial charge in [0.2, 0.25) is 11.8 Å². The molecular formula is C22H24N6O3. The molecule has 160 valence electrons. The summed E-state index contributed by atoms with van der Waals surface area (Å²) in [7, 11) is 1.72. The average molecular weight is 420 g/mol. The van der Waals surface area contributed by atoms with Crippen LogP contribution in [0.4, 0.5) is 5.69 Å². The van der Waals surface area contributed by atoms with Crippen LogP contribution in [-0.2, 0) is 18.4 Å². The number of hydrogen-bond donors (Lipinski definition) is 1. The summed E-state index contributed by atoms with van der Waals surface area (Å²) in [6.45, 7) is 0.449. The van der Waals surface area contributed by atoms with Crippen molar-refractivity contribution in [1.29, 1.82) is 5.26 Å². The Hall–Kier alpha value is -3.67. The predicted molar refractivity (Wildman–Crippen MR) is 114 cm³/mol. The van der Waals surface area contributed by atoms with Gasteiger partial charge in [-0.15, -0.1) is 0 Å². The molecule has 0 atom stereocenters. The lowest BCUT2D eigenvalue weighted by Gasteiger charge is -2.27. The lowest BCUT2D eigenvalue weighted by atomic mass is 9.81. The largest absolute Gasteiger partial charge is 0.462 e. The van der Waals surface area contributed by atoms with Crippen LogP contribution in [0, 0.1) is 23.2 Å². The number of fused-ring (bicyclic) bond motifs is 1. The van der Waals surface area contributed by atoms with Gasteiger partial charge in [0.15, 0.2) is 12.3 Å². The van der Waals surface area contributed by atoms with Crippen molar-refractivity contribution in [3.8, 4) is 11.9 Å². The molecule has 1 fully saturated rings. The van der Waals surface area contributed by atoms with E-state index in [1.165, 1.54) is 0 Å². The van der Waals surface area contributed by atoms with E-state index >= 15 is 0 Å². The lowest BCUT2D eigenvalue weighted by molar-refractivity contribution is -0.121. The lowest BCUT2D eigenvalue weighted by Crippen LogP contribution is -2.31. The number of amides is 1. The van der Waals surface area contributed by atoms with E-state index in [9.17, 15) is 9.59 Å². The maximum atomic E-state index is 12.8. The van der Waals surface area contributed by atoms with Crippen LogP contribution >= 0.6 is 0 Å². The third kappa shape index (κ3) is 4.43. The fourth-order valence-electron chi connectivity index (χ4n) is 4.15. The molecule has 1 aliphatic rings. The first-order valence-electron chi connectivity index (χ1n) is 10.3. The molecule has 3 aromatic heterocycles. The number of aryl methyl sites for hydroxylation is 1. The molecular weight excluding hydrogens is 396 g/mol. The Kier molecular flexibility index (Phi) is 5.98. The highest BCUT2D eigenvalue weighted by Crippen LogP contribution is 2.31. The fourth-order valence-corrected chi connectivity index (χ4v) is 4.15. The Morgan fingerprint density at radius 1 is 1.23 bits per heavy atom. The molecule has 1 aliphatic carbocycles. The van der Waals surface area contributed by atoms with Gasteiger partial charge < -0.3 is 10.1 Å². The van der Waals surface area contributed by atoms with Gasteiger partial charge in [-0.05, 0) is 49.8 Å². The Morgan fingerprint density at radius 3 is 2.68 bits per heavy atom. The maximum absolute atomic E-state index is 12.8. The molecule has 3 heterocycles. The summed E-state index contributed by atoms with van der Waals surface area (Å²) in [5, 5.41) is 11.7. The minimum absolute atomic E-state index is 0.0298. The van der Waals surface area contributed by atoms with E-state index in [4.69, 9.17) is 10.00 Å². The number of nitriles is 1. The molecule has 0 aliphatic heterocycles. The summed E-state index contributed by atoms with van der Waals surface area (Å²) in [5.74, 6) is 0.620. The standard InChI is InChI=1S/C22H24N6O3/c1-27-18-6-7-19(31-13-10-23)26-20(18)28(22(27)30)14-15-2-4-16(5-3-15)21(29)25-17-8-11-24-12-9-17/h6-9,11-12,15-16H,2-5,13-14H2,1H3,(H,24,25,29). The number of aromatic nitrogens is 4. The highest BCUT2D eigenvalue weighted by Gasteiger charge is 2.27. The number of imidazole rings is 1. The molecule has 4 rings (SSSR count). The average Bonchev–Trinajstić information content (AvgIpc) is 3.03. The Morgan fingerprint density at radius 2 is 1.97 bits per heavy atom. The first-order valence-corrected chi connectivity index (χ1v) is 10.3. The Balaban J connectivity index is 1.43. The Labute approximate surface area is 179 Å². The number of hydrogen-bond acceptors (Lipinski definition) is 6. The quantitative estimate of drug-likeness (QED) is 0.655. The van der Waals surface area contributed by atoms with Gasteiger partial charge >= 0.3 is 5.69 Å². The summed E-state index contributed by atoms with van der Waals surface area (Å²) in [5.41, 5.74) is 1.91. The van der Waals surface area contributed by atoms with Crippen LogP contribution in [0.3, 0.4) is 0 Å². The number of ether oxygens (including phenoxy) is 1. The number of nitrogens with zero attached hydrogens (tertiary/aromatic N) is 5. The number of rotatable bonds is 6. The van der Waals surface area contributed by atoms with E-state index in [1.807, 2.05) is 6.07 Å². The van der Waals surface area contributed by atoms with Crippen LogP contribution in [-0.4, -0.2) is 31.6 Å². The van der Waals surface area contributed by atoms with E-state index in [2.05, 4.69) is 15.3 Å². The highest BCUT2D eigenvalue weighted by atomic mass is 16.5.